The largest absolute Gasteiger partial charge is 0.369 e. The number of benzene rings is 1. The molecule has 3 aliphatic rings. The van der Waals surface area contributed by atoms with Crippen molar-refractivity contribution in [3.63, 3.8) is 0 Å². The summed E-state index contributed by atoms with van der Waals surface area (Å²) in [7, 11) is 0. The molecule has 1 amide bonds. The van der Waals surface area contributed by atoms with Crippen LogP contribution in [0.15, 0.2) is 24.3 Å². The van der Waals surface area contributed by atoms with Crippen LogP contribution in [-0.4, -0.2) is 61.2 Å². The van der Waals surface area contributed by atoms with Crippen molar-refractivity contribution in [2.45, 2.75) is 63.7 Å². The van der Waals surface area contributed by atoms with Gasteiger partial charge in [0.25, 0.3) is 5.91 Å². The molecule has 2 bridgehead atoms. The smallest absolute Gasteiger partial charge is 0.251 e. The Morgan fingerprint density at radius 3 is 2.11 bits per heavy atom. The van der Waals surface area contributed by atoms with E-state index in [0.29, 0.717) is 24.2 Å². The summed E-state index contributed by atoms with van der Waals surface area (Å²) >= 11 is 0. The van der Waals surface area contributed by atoms with Crippen molar-refractivity contribution in [2.24, 2.45) is 0 Å². The number of piperidine rings is 1. The van der Waals surface area contributed by atoms with Crippen LogP contribution in [0.25, 0.3) is 0 Å². The lowest BCUT2D eigenvalue weighted by Gasteiger charge is -2.38. The number of rotatable bonds is 4. The van der Waals surface area contributed by atoms with Gasteiger partial charge >= 0.3 is 0 Å². The number of amides is 1. The molecule has 0 radical (unpaired) electrons. The second-order valence-corrected chi connectivity index (χ2v) is 8.44. The molecule has 4 rings (SSSR count). The maximum atomic E-state index is 12.6. The molecule has 3 fully saturated rings. The standard InChI is InChI=1S/C21H32N4O.2ClH/c1-15(2)24-9-11-25(12-10-24)20-7-3-16(4-8-20)21(26)23-19-13-17-5-6-18(14-19)22-17;;/h3-4,7-8,15,17-19,22H,5-6,9-14H2,1-2H3,(H,23,26);2*1H. The number of anilines is 1. The van der Waals surface area contributed by atoms with Crippen LogP contribution in [0.2, 0.25) is 0 Å². The average Bonchev–Trinajstić information content (AvgIpc) is 3.00. The van der Waals surface area contributed by atoms with Crippen molar-refractivity contribution in [3.05, 3.63) is 29.8 Å². The molecule has 3 heterocycles. The minimum absolute atomic E-state index is 0. The summed E-state index contributed by atoms with van der Waals surface area (Å²) in [6.07, 6.45) is 4.66. The quantitative estimate of drug-likeness (QED) is 0.773. The van der Waals surface area contributed by atoms with E-state index in [1.54, 1.807) is 0 Å². The van der Waals surface area contributed by atoms with Gasteiger partial charge in [0, 0.05) is 61.6 Å². The summed E-state index contributed by atoms with van der Waals surface area (Å²) in [6.45, 7) is 8.85. The minimum Gasteiger partial charge on any atom is -0.369 e. The van der Waals surface area contributed by atoms with Crippen LogP contribution >= 0.6 is 24.8 Å². The zero-order valence-corrected chi connectivity index (χ0v) is 18.5. The van der Waals surface area contributed by atoms with Gasteiger partial charge in [0.05, 0.1) is 0 Å². The minimum atomic E-state index is 0. The van der Waals surface area contributed by atoms with Crippen molar-refractivity contribution in [3.8, 4) is 0 Å². The van der Waals surface area contributed by atoms with Crippen molar-refractivity contribution in [1.82, 2.24) is 15.5 Å². The van der Waals surface area contributed by atoms with Gasteiger partial charge in [0.15, 0.2) is 0 Å². The summed E-state index contributed by atoms with van der Waals surface area (Å²) in [4.78, 5) is 17.5. The Morgan fingerprint density at radius 1 is 1.00 bits per heavy atom. The number of carbonyl (C=O) groups excluding carboxylic acids is 1. The third-order valence-electron chi connectivity index (χ3n) is 6.35. The van der Waals surface area contributed by atoms with Crippen LogP contribution in [0.5, 0.6) is 0 Å². The van der Waals surface area contributed by atoms with Crippen LogP contribution < -0.4 is 15.5 Å². The summed E-state index contributed by atoms with van der Waals surface area (Å²) in [6, 6.07) is 10.3. The lowest BCUT2D eigenvalue weighted by Crippen LogP contribution is -2.49. The molecule has 2 N–H and O–H groups in total. The van der Waals surface area contributed by atoms with Crippen molar-refractivity contribution in [2.75, 3.05) is 31.1 Å². The molecule has 28 heavy (non-hydrogen) atoms. The topological polar surface area (TPSA) is 47.6 Å². The third kappa shape index (κ3) is 5.32. The van der Waals surface area contributed by atoms with Gasteiger partial charge in [-0.2, -0.15) is 0 Å². The number of nitrogens with zero attached hydrogens (tertiary/aromatic N) is 2. The first-order valence-corrected chi connectivity index (χ1v) is 10.2. The molecule has 1 aromatic carbocycles. The first kappa shape index (κ1) is 23.3. The van der Waals surface area contributed by atoms with Crippen LogP contribution in [0.3, 0.4) is 0 Å². The highest BCUT2D eigenvalue weighted by molar-refractivity contribution is 5.94. The van der Waals surface area contributed by atoms with Gasteiger partial charge in [-0.25, -0.2) is 0 Å². The van der Waals surface area contributed by atoms with E-state index >= 15 is 0 Å². The Labute approximate surface area is 181 Å². The number of hydrogen-bond donors (Lipinski definition) is 2. The van der Waals surface area contributed by atoms with Gasteiger partial charge in [-0.15, -0.1) is 24.8 Å². The van der Waals surface area contributed by atoms with Gasteiger partial charge in [-0.3, -0.25) is 9.69 Å². The molecular weight excluding hydrogens is 395 g/mol. The van der Waals surface area contributed by atoms with Crippen LogP contribution in [0, 0.1) is 0 Å². The highest BCUT2D eigenvalue weighted by Gasteiger charge is 2.34. The third-order valence-corrected chi connectivity index (χ3v) is 6.35. The van der Waals surface area contributed by atoms with E-state index in [2.05, 4.69) is 46.4 Å². The summed E-state index contributed by atoms with van der Waals surface area (Å²) in [5.74, 6) is 0.0764. The molecule has 0 saturated carbocycles. The number of carbonyl (C=O) groups is 1. The molecule has 3 aliphatic heterocycles. The molecular formula is C21H34Cl2N4O. The molecule has 2 atom stereocenters. The second-order valence-electron chi connectivity index (χ2n) is 8.44. The summed E-state index contributed by atoms with van der Waals surface area (Å²) in [5.41, 5.74) is 2.00. The fourth-order valence-corrected chi connectivity index (χ4v) is 4.76. The fourth-order valence-electron chi connectivity index (χ4n) is 4.76. The van der Waals surface area contributed by atoms with Crippen molar-refractivity contribution < 1.29 is 4.79 Å². The van der Waals surface area contributed by atoms with Crippen molar-refractivity contribution in [1.29, 1.82) is 0 Å². The van der Waals surface area contributed by atoms with Crippen LogP contribution in [-0.2, 0) is 0 Å². The number of hydrogen-bond acceptors (Lipinski definition) is 4. The molecule has 158 valence electrons. The van der Waals surface area contributed by atoms with E-state index in [1.807, 2.05) is 12.1 Å². The lowest BCUT2D eigenvalue weighted by molar-refractivity contribution is 0.0924. The monoisotopic (exact) mass is 428 g/mol. The van der Waals surface area contributed by atoms with E-state index in [0.717, 1.165) is 44.6 Å². The normalized spacial score (nSPS) is 27.1. The highest BCUT2D eigenvalue weighted by atomic mass is 35.5. The van der Waals surface area contributed by atoms with Gasteiger partial charge < -0.3 is 15.5 Å². The maximum absolute atomic E-state index is 12.6. The van der Waals surface area contributed by atoms with Crippen molar-refractivity contribution >= 4 is 36.4 Å². The number of nitrogens with one attached hydrogen (secondary N) is 2. The highest BCUT2D eigenvalue weighted by Crippen LogP contribution is 2.27. The van der Waals surface area contributed by atoms with Crippen LogP contribution in [0.1, 0.15) is 49.9 Å². The maximum Gasteiger partial charge on any atom is 0.251 e. The fraction of sp³-hybridized carbons (Fsp3) is 0.667. The average molecular weight is 429 g/mol. The first-order valence-electron chi connectivity index (χ1n) is 10.2. The van der Waals surface area contributed by atoms with Gasteiger partial charge in [-0.1, -0.05) is 0 Å². The lowest BCUT2D eigenvalue weighted by atomic mass is 9.99. The Balaban J connectivity index is 0.00000140. The zero-order valence-electron chi connectivity index (χ0n) is 16.9. The molecule has 1 aromatic rings. The SMILES string of the molecule is CC(C)N1CCN(c2ccc(C(=O)NC3CC4CCC(C3)N4)cc2)CC1.Cl.Cl. The number of piperazine rings is 1. The Hall–Kier alpha value is -1.01. The Kier molecular flexibility index (Phi) is 8.44. The molecule has 0 aromatic heterocycles. The Morgan fingerprint density at radius 2 is 1.57 bits per heavy atom. The molecule has 0 spiro atoms. The molecule has 2 unspecified atom stereocenters. The summed E-state index contributed by atoms with van der Waals surface area (Å²) < 4.78 is 0. The predicted octanol–water partition coefficient (Wildman–Crippen LogP) is 3.07. The molecule has 0 aliphatic carbocycles. The summed E-state index contributed by atoms with van der Waals surface area (Å²) in [5, 5.41) is 6.88. The number of halogens is 2. The van der Waals surface area contributed by atoms with E-state index in [9.17, 15) is 4.79 Å². The number of fused-ring (bicyclic) bond motifs is 2. The van der Waals surface area contributed by atoms with Gasteiger partial charge in [-0.05, 0) is 63.8 Å². The van der Waals surface area contributed by atoms with E-state index in [-0.39, 0.29) is 30.7 Å². The molecule has 7 heteroatoms. The molecule has 3 saturated heterocycles. The van der Waals surface area contributed by atoms with E-state index < -0.39 is 0 Å². The predicted molar refractivity (Wildman–Crippen MR) is 120 cm³/mol. The van der Waals surface area contributed by atoms with Gasteiger partial charge in [0.2, 0.25) is 0 Å². The first-order chi connectivity index (χ1) is 12.6. The zero-order chi connectivity index (χ0) is 18.1. The van der Waals surface area contributed by atoms with Crippen LogP contribution in [0.4, 0.5) is 5.69 Å². The van der Waals surface area contributed by atoms with E-state index in [1.165, 1.54) is 18.5 Å². The Bertz CT molecular complexity index is 620. The molecule has 5 nitrogen and oxygen atoms in total. The second kappa shape index (κ2) is 10.1. The van der Waals surface area contributed by atoms with Gasteiger partial charge in [0.1, 0.15) is 0 Å². The van der Waals surface area contributed by atoms with E-state index in [4.69, 9.17) is 0 Å².